The van der Waals surface area contributed by atoms with Crippen molar-refractivity contribution in [3.8, 4) is 5.75 Å². The van der Waals surface area contributed by atoms with Crippen molar-refractivity contribution in [2.75, 3.05) is 13.2 Å². The Balaban J connectivity index is 2.18. The van der Waals surface area contributed by atoms with Gasteiger partial charge in [-0.25, -0.2) is 0 Å². The lowest BCUT2D eigenvalue weighted by Gasteiger charge is -2.24. The van der Waals surface area contributed by atoms with Gasteiger partial charge in [0.15, 0.2) is 0 Å². The molecule has 0 bridgehead atoms. The minimum atomic E-state index is -0.0573. The molecule has 0 aliphatic carbocycles. The van der Waals surface area contributed by atoms with E-state index in [-0.39, 0.29) is 18.1 Å². The van der Waals surface area contributed by atoms with Gasteiger partial charge in [-0.1, -0.05) is 26.0 Å². The lowest BCUT2D eigenvalue weighted by Crippen LogP contribution is -2.31. The van der Waals surface area contributed by atoms with Crippen LogP contribution in [0.15, 0.2) is 24.3 Å². The van der Waals surface area contributed by atoms with E-state index in [1.165, 1.54) is 0 Å². The largest absolute Gasteiger partial charge is 0.494 e. The second-order valence-electron chi connectivity index (χ2n) is 5.06. The Morgan fingerprint density at radius 3 is 2.45 bits per heavy atom. The first-order valence-electron chi connectivity index (χ1n) is 7.50. The topological polar surface area (TPSA) is 41.6 Å². The van der Waals surface area contributed by atoms with Gasteiger partial charge in [0.05, 0.1) is 12.6 Å². The van der Waals surface area contributed by atoms with Crippen LogP contribution in [-0.4, -0.2) is 30.0 Å². The van der Waals surface area contributed by atoms with Gasteiger partial charge in [-0.15, -0.1) is 0 Å². The molecule has 2 rings (SSSR count). The normalized spacial score (nSPS) is 22.4. The molecule has 1 heterocycles. The molecule has 0 radical (unpaired) electrons. The number of benzene rings is 1. The minimum absolute atomic E-state index is 0.0110. The molecule has 4 heteroatoms. The Bertz CT molecular complexity index is 444. The molecule has 0 spiro atoms. The zero-order valence-corrected chi connectivity index (χ0v) is 12.6. The lowest BCUT2D eigenvalue weighted by molar-refractivity contribution is -0.130. The van der Waals surface area contributed by atoms with E-state index >= 15 is 0 Å². The Labute approximate surface area is 121 Å². The number of carbonyl (C=O) groups is 1. The number of nitrogens with one attached hydrogen (secondary N) is 1. The van der Waals surface area contributed by atoms with Gasteiger partial charge < -0.3 is 9.64 Å². The van der Waals surface area contributed by atoms with E-state index in [1.54, 1.807) is 0 Å². The highest BCUT2D eigenvalue weighted by Crippen LogP contribution is 2.27. The first-order valence-corrected chi connectivity index (χ1v) is 7.50. The Kier molecular flexibility index (Phi) is 5.01. The third kappa shape index (κ3) is 2.96. The van der Waals surface area contributed by atoms with Crippen molar-refractivity contribution in [3.63, 3.8) is 0 Å². The van der Waals surface area contributed by atoms with Gasteiger partial charge >= 0.3 is 0 Å². The molecular weight excluding hydrogens is 252 g/mol. The number of hydrogen-bond donors (Lipinski definition) is 1. The maximum atomic E-state index is 12.3. The third-order valence-electron chi connectivity index (χ3n) is 3.63. The summed E-state index contributed by atoms with van der Waals surface area (Å²) in [5.74, 6) is 1.09. The molecule has 0 saturated carbocycles. The first-order chi connectivity index (χ1) is 9.71. The minimum Gasteiger partial charge on any atom is -0.494 e. The van der Waals surface area contributed by atoms with Gasteiger partial charge in [0.25, 0.3) is 0 Å². The van der Waals surface area contributed by atoms with Crippen LogP contribution in [0, 0.1) is 0 Å². The number of amides is 1. The van der Waals surface area contributed by atoms with Crippen LogP contribution in [0.25, 0.3) is 0 Å². The van der Waals surface area contributed by atoms with Crippen LogP contribution >= 0.6 is 0 Å². The molecule has 2 atom stereocenters. The Morgan fingerprint density at radius 1 is 1.20 bits per heavy atom. The highest BCUT2D eigenvalue weighted by molar-refractivity contribution is 5.84. The van der Waals surface area contributed by atoms with Gasteiger partial charge in [0.1, 0.15) is 11.9 Å². The average Bonchev–Trinajstić information content (AvgIpc) is 2.78. The fraction of sp³-hybridized carbons (Fsp3) is 0.562. The van der Waals surface area contributed by atoms with E-state index in [0.717, 1.165) is 30.7 Å². The smallest absolute Gasteiger partial charge is 0.241 e. The summed E-state index contributed by atoms with van der Waals surface area (Å²) >= 11 is 0. The molecule has 110 valence electrons. The summed E-state index contributed by atoms with van der Waals surface area (Å²) in [5.41, 5.74) is 1.12. The number of hydrogen-bond acceptors (Lipinski definition) is 3. The average molecular weight is 276 g/mol. The van der Waals surface area contributed by atoms with E-state index < -0.39 is 0 Å². The molecule has 2 unspecified atom stereocenters. The summed E-state index contributed by atoms with van der Waals surface area (Å²) in [6, 6.07) is 7.95. The summed E-state index contributed by atoms with van der Waals surface area (Å²) in [6.45, 7) is 7.57. The van der Waals surface area contributed by atoms with Crippen LogP contribution in [0.3, 0.4) is 0 Å². The molecule has 1 amide bonds. The van der Waals surface area contributed by atoms with Crippen molar-refractivity contribution in [1.82, 2.24) is 10.2 Å². The van der Waals surface area contributed by atoms with Crippen molar-refractivity contribution in [1.29, 1.82) is 0 Å². The maximum Gasteiger partial charge on any atom is 0.241 e. The van der Waals surface area contributed by atoms with Crippen LogP contribution < -0.4 is 10.1 Å². The van der Waals surface area contributed by atoms with E-state index in [0.29, 0.717) is 6.61 Å². The molecule has 1 saturated heterocycles. The van der Waals surface area contributed by atoms with Crippen molar-refractivity contribution in [3.05, 3.63) is 29.8 Å². The van der Waals surface area contributed by atoms with Crippen molar-refractivity contribution >= 4 is 5.91 Å². The predicted octanol–water partition coefficient (Wildman–Crippen LogP) is 2.70. The third-order valence-corrected chi connectivity index (χ3v) is 3.63. The van der Waals surface area contributed by atoms with Crippen LogP contribution in [0.5, 0.6) is 5.75 Å². The number of nitrogens with zero attached hydrogens (tertiary/aromatic N) is 1. The fourth-order valence-electron chi connectivity index (χ4n) is 2.64. The zero-order valence-electron chi connectivity index (χ0n) is 12.6. The first kappa shape index (κ1) is 14.9. The standard InChI is InChI=1S/C16H24N2O2/c1-4-11-18-15(17-14(5-2)16(18)19)12-7-9-13(10-8-12)20-6-3/h7-10,14-15,17H,4-6,11H2,1-3H3. The molecule has 20 heavy (non-hydrogen) atoms. The molecular formula is C16H24N2O2. The molecule has 4 nitrogen and oxygen atoms in total. The molecule has 1 aromatic carbocycles. The number of rotatable bonds is 6. The Hall–Kier alpha value is -1.55. The number of carbonyl (C=O) groups excluding carboxylic acids is 1. The molecule has 1 aromatic rings. The van der Waals surface area contributed by atoms with E-state index in [9.17, 15) is 4.79 Å². The monoisotopic (exact) mass is 276 g/mol. The van der Waals surface area contributed by atoms with E-state index in [1.807, 2.05) is 43.0 Å². The van der Waals surface area contributed by atoms with Gasteiger partial charge in [-0.2, -0.15) is 0 Å². The second-order valence-corrected chi connectivity index (χ2v) is 5.06. The summed E-state index contributed by atoms with van der Waals surface area (Å²) in [7, 11) is 0. The van der Waals surface area contributed by atoms with Crippen molar-refractivity contribution in [2.24, 2.45) is 0 Å². The number of ether oxygens (including phenoxy) is 1. The molecule has 1 aliphatic heterocycles. The fourth-order valence-corrected chi connectivity index (χ4v) is 2.64. The quantitative estimate of drug-likeness (QED) is 0.868. The van der Waals surface area contributed by atoms with Crippen LogP contribution in [-0.2, 0) is 4.79 Å². The highest BCUT2D eigenvalue weighted by atomic mass is 16.5. The van der Waals surface area contributed by atoms with E-state index in [4.69, 9.17) is 4.74 Å². The molecule has 1 aliphatic rings. The second kappa shape index (κ2) is 6.75. The van der Waals surface area contributed by atoms with Gasteiger partial charge in [0.2, 0.25) is 5.91 Å². The van der Waals surface area contributed by atoms with Crippen LogP contribution in [0.4, 0.5) is 0 Å². The summed E-state index contributed by atoms with van der Waals surface area (Å²) < 4.78 is 5.46. The molecule has 1 N–H and O–H groups in total. The summed E-state index contributed by atoms with van der Waals surface area (Å²) in [5, 5.41) is 3.43. The zero-order chi connectivity index (χ0) is 14.5. The van der Waals surface area contributed by atoms with E-state index in [2.05, 4.69) is 12.2 Å². The lowest BCUT2D eigenvalue weighted by atomic mass is 10.1. The summed E-state index contributed by atoms with van der Waals surface area (Å²) in [6.07, 6.45) is 1.78. The van der Waals surface area contributed by atoms with Gasteiger partial charge in [-0.3, -0.25) is 10.1 Å². The van der Waals surface area contributed by atoms with Gasteiger partial charge in [0, 0.05) is 6.54 Å². The maximum absolute atomic E-state index is 12.3. The van der Waals surface area contributed by atoms with Gasteiger partial charge in [-0.05, 0) is 37.5 Å². The van der Waals surface area contributed by atoms with Crippen LogP contribution in [0.2, 0.25) is 0 Å². The molecule has 0 aromatic heterocycles. The van der Waals surface area contributed by atoms with Crippen LogP contribution in [0.1, 0.15) is 45.3 Å². The highest BCUT2D eigenvalue weighted by Gasteiger charge is 2.37. The van der Waals surface area contributed by atoms with Crippen molar-refractivity contribution < 1.29 is 9.53 Å². The predicted molar refractivity (Wildman–Crippen MR) is 79.6 cm³/mol. The van der Waals surface area contributed by atoms with Crippen molar-refractivity contribution in [2.45, 2.75) is 45.8 Å². The SMILES string of the molecule is CCCN1C(=O)C(CC)NC1c1ccc(OCC)cc1. The Morgan fingerprint density at radius 2 is 1.90 bits per heavy atom. The molecule has 1 fully saturated rings. The summed E-state index contributed by atoms with van der Waals surface area (Å²) in [4.78, 5) is 14.3.